The number of thioether (sulfide) groups is 1. The molecular weight excluding hydrogens is 329 g/mol. The Hall–Kier alpha value is -1.96. The van der Waals surface area contributed by atoms with Crippen molar-refractivity contribution in [2.24, 2.45) is 0 Å². The molecule has 0 saturated carbocycles. The topological polar surface area (TPSA) is 55.1 Å². The highest BCUT2D eigenvalue weighted by atomic mass is 32.2. The van der Waals surface area contributed by atoms with E-state index >= 15 is 0 Å². The number of nitrogens with one attached hydrogen (secondary N) is 1. The van der Waals surface area contributed by atoms with Gasteiger partial charge in [-0.1, -0.05) is 5.16 Å². The lowest BCUT2D eigenvalue weighted by Gasteiger charge is -2.08. The molecule has 2 aromatic rings. The molecule has 1 aromatic heterocycles. The number of aryl methyl sites for hydroxylation is 2. The van der Waals surface area contributed by atoms with Gasteiger partial charge in [-0.3, -0.25) is 4.79 Å². The van der Waals surface area contributed by atoms with Gasteiger partial charge < -0.3 is 9.84 Å². The van der Waals surface area contributed by atoms with Crippen LogP contribution < -0.4 is 5.32 Å². The lowest BCUT2D eigenvalue weighted by molar-refractivity contribution is -0.137. The van der Waals surface area contributed by atoms with E-state index in [4.69, 9.17) is 4.52 Å². The molecule has 2 rings (SSSR count). The summed E-state index contributed by atoms with van der Waals surface area (Å²) < 4.78 is 42.4. The SMILES string of the molecule is Cc1noc(C)c1CSCC(=O)Nc1ccc(C(F)(F)F)cc1. The number of hydrogen-bond donors (Lipinski definition) is 1. The Kier molecular flexibility index (Phi) is 5.35. The molecule has 0 aliphatic carbocycles. The van der Waals surface area contributed by atoms with Crippen molar-refractivity contribution in [1.82, 2.24) is 5.16 Å². The first kappa shape index (κ1) is 17.4. The molecule has 0 fully saturated rings. The zero-order valence-electron chi connectivity index (χ0n) is 12.5. The minimum absolute atomic E-state index is 0.186. The number of halogens is 3. The molecule has 0 unspecified atom stereocenters. The van der Waals surface area contributed by atoms with E-state index in [0.717, 1.165) is 29.2 Å². The molecule has 23 heavy (non-hydrogen) atoms. The van der Waals surface area contributed by atoms with E-state index in [1.807, 2.05) is 6.92 Å². The van der Waals surface area contributed by atoms with Crippen LogP contribution in [0.1, 0.15) is 22.6 Å². The number of carbonyl (C=O) groups excluding carboxylic acids is 1. The molecule has 124 valence electrons. The monoisotopic (exact) mass is 344 g/mol. The van der Waals surface area contributed by atoms with Gasteiger partial charge in [-0.2, -0.15) is 13.2 Å². The molecule has 1 aromatic carbocycles. The average Bonchev–Trinajstić information content (AvgIpc) is 2.78. The number of amides is 1. The second-order valence-electron chi connectivity index (χ2n) is 4.92. The number of carbonyl (C=O) groups is 1. The Morgan fingerprint density at radius 2 is 1.91 bits per heavy atom. The first-order chi connectivity index (χ1) is 10.8. The Labute approximate surface area is 135 Å². The minimum Gasteiger partial charge on any atom is -0.361 e. The van der Waals surface area contributed by atoms with E-state index in [1.165, 1.54) is 23.9 Å². The summed E-state index contributed by atoms with van der Waals surface area (Å²) in [4.78, 5) is 11.8. The van der Waals surface area contributed by atoms with Gasteiger partial charge in [-0.05, 0) is 38.1 Å². The Balaban J connectivity index is 1.83. The van der Waals surface area contributed by atoms with E-state index in [-0.39, 0.29) is 11.7 Å². The largest absolute Gasteiger partial charge is 0.416 e. The first-order valence-electron chi connectivity index (χ1n) is 6.74. The van der Waals surface area contributed by atoms with E-state index in [1.54, 1.807) is 6.92 Å². The van der Waals surface area contributed by atoms with Gasteiger partial charge in [0, 0.05) is 17.0 Å². The Morgan fingerprint density at radius 3 is 2.43 bits per heavy atom. The van der Waals surface area contributed by atoms with Crippen molar-refractivity contribution in [3.63, 3.8) is 0 Å². The van der Waals surface area contributed by atoms with Crippen LogP contribution in [-0.4, -0.2) is 16.8 Å². The molecule has 0 radical (unpaired) electrons. The van der Waals surface area contributed by atoms with Gasteiger partial charge in [-0.15, -0.1) is 11.8 Å². The highest BCUT2D eigenvalue weighted by Gasteiger charge is 2.29. The van der Waals surface area contributed by atoms with Gasteiger partial charge in [0.1, 0.15) is 5.76 Å². The maximum atomic E-state index is 12.4. The number of hydrogen-bond acceptors (Lipinski definition) is 4. The van der Waals surface area contributed by atoms with Crippen LogP contribution in [-0.2, 0) is 16.7 Å². The molecule has 1 N–H and O–H groups in total. The normalized spacial score (nSPS) is 11.5. The number of benzene rings is 1. The fraction of sp³-hybridized carbons (Fsp3) is 0.333. The summed E-state index contributed by atoms with van der Waals surface area (Å²) in [6.07, 6.45) is -4.38. The molecule has 1 amide bonds. The Morgan fingerprint density at radius 1 is 1.26 bits per heavy atom. The third kappa shape index (κ3) is 4.75. The van der Waals surface area contributed by atoms with Gasteiger partial charge in [0.2, 0.25) is 5.91 Å². The van der Waals surface area contributed by atoms with Crippen LogP contribution in [0.3, 0.4) is 0 Å². The van der Waals surface area contributed by atoms with E-state index in [2.05, 4.69) is 10.5 Å². The summed E-state index contributed by atoms with van der Waals surface area (Å²) in [6.45, 7) is 3.63. The molecule has 0 bridgehead atoms. The second-order valence-corrected chi connectivity index (χ2v) is 5.90. The van der Waals surface area contributed by atoms with Crippen LogP contribution in [0.5, 0.6) is 0 Å². The first-order valence-corrected chi connectivity index (χ1v) is 7.89. The van der Waals surface area contributed by atoms with Gasteiger partial charge in [0.25, 0.3) is 0 Å². The number of alkyl halides is 3. The Bertz CT molecular complexity index is 662. The van der Waals surface area contributed by atoms with Crippen LogP contribution in [0.25, 0.3) is 0 Å². The lowest BCUT2D eigenvalue weighted by Crippen LogP contribution is -2.14. The van der Waals surface area contributed by atoms with Crippen LogP contribution in [0.4, 0.5) is 18.9 Å². The van der Waals surface area contributed by atoms with E-state index < -0.39 is 11.7 Å². The standard InChI is InChI=1S/C15H15F3N2O2S/c1-9-13(10(2)22-20-9)7-23-8-14(21)19-12-5-3-11(4-6-12)15(16,17)18/h3-6H,7-8H2,1-2H3,(H,19,21). The predicted molar refractivity (Wildman–Crippen MR) is 82.2 cm³/mol. The lowest BCUT2D eigenvalue weighted by atomic mass is 10.2. The molecule has 0 atom stereocenters. The van der Waals surface area contributed by atoms with Crippen molar-refractivity contribution in [3.8, 4) is 0 Å². The van der Waals surface area contributed by atoms with Crippen molar-refractivity contribution in [2.75, 3.05) is 11.1 Å². The van der Waals surface area contributed by atoms with Crippen molar-refractivity contribution in [2.45, 2.75) is 25.8 Å². The molecule has 0 saturated heterocycles. The fourth-order valence-corrected chi connectivity index (χ4v) is 2.87. The summed E-state index contributed by atoms with van der Waals surface area (Å²) in [6, 6.07) is 4.35. The summed E-state index contributed by atoms with van der Waals surface area (Å²) in [7, 11) is 0. The zero-order chi connectivity index (χ0) is 17.0. The van der Waals surface area contributed by atoms with Crippen LogP contribution in [0, 0.1) is 13.8 Å². The van der Waals surface area contributed by atoms with Crippen molar-refractivity contribution in [3.05, 3.63) is 46.8 Å². The highest BCUT2D eigenvalue weighted by molar-refractivity contribution is 7.99. The van der Waals surface area contributed by atoms with Gasteiger partial charge >= 0.3 is 6.18 Å². The van der Waals surface area contributed by atoms with Crippen LogP contribution in [0.2, 0.25) is 0 Å². The van der Waals surface area contributed by atoms with Crippen LogP contribution >= 0.6 is 11.8 Å². The number of nitrogens with zero attached hydrogens (tertiary/aromatic N) is 1. The third-order valence-electron chi connectivity index (χ3n) is 3.16. The number of anilines is 1. The molecule has 0 aliphatic heterocycles. The van der Waals surface area contributed by atoms with E-state index in [9.17, 15) is 18.0 Å². The highest BCUT2D eigenvalue weighted by Crippen LogP contribution is 2.29. The predicted octanol–water partition coefficient (Wildman–Crippen LogP) is 4.18. The second kappa shape index (κ2) is 7.08. The van der Waals surface area contributed by atoms with Gasteiger partial charge in [-0.25, -0.2) is 0 Å². The summed E-state index contributed by atoms with van der Waals surface area (Å²) in [5.74, 6) is 1.21. The maximum Gasteiger partial charge on any atom is 0.416 e. The van der Waals surface area contributed by atoms with Crippen molar-refractivity contribution in [1.29, 1.82) is 0 Å². The molecule has 0 aliphatic rings. The molecule has 0 spiro atoms. The third-order valence-corrected chi connectivity index (χ3v) is 4.12. The zero-order valence-corrected chi connectivity index (χ0v) is 13.3. The maximum absolute atomic E-state index is 12.4. The summed E-state index contributed by atoms with van der Waals surface area (Å²) in [5, 5.41) is 6.39. The molecule has 1 heterocycles. The fourth-order valence-electron chi connectivity index (χ4n) is 1.89. The number of aromatic nitrogens is 1. The minimum atomic E-state index is -4.38. The summed E-state index contributed by atoms with van der Waals surface area (Å²) in [5.41, 5.74) is 1.33. The number of rotatable bonds is 5. The average molecular weight is 344 g/mol. The van der Waals surface area contributed by atoms with Gasteiger partial charge in [0.15, 0.2) is 0 Å². The quantitative estimate of drug-likeness (QED) is 0.884. The summed E-state index contributed by atoms with van der Waals surface area (Å²) >= 11 is 1.38. The van der Waals surface area contributed by atoms with E-state index in [0.29, 0.717) is 11.4 Å². The smallest absolute Gasteiger partial charge is 0.361 e. The molecule has 8 heteroatoms. The van der Waals surface area contributed by atoms with Crippen LogP contribution in [0.15, 0.2) is 28.8 Å². The molecule has 4 nitrogen and oxygen atoms in total. The molecular formula is C15H15F3N2O2S. The van der Waals surface area contributed by atoms with Gasteiger partial charge in [0.05, 0.1) is 17.0 Å². The van der Waals surface area contributed by atoms with Crippen molar-refractivity contribution < 1.29 is 22.5 Å². The van der Waals surface area contributed by atoms with Crippen molar-refractivity contribution >= 4 is 23.4 Å².